The molecule has 3 aromatic rings. The molecule has 0 spiro atoms. The molecular formula is C13H10BrFN4. The molecule has 0 unspecified atom stereocenters. The Bertz CT molecular complexity index is 690. The fourth-order valence-electron chi connectivity index (χ4n) is 1.80. The minimum atomic E-state index is -0.275. The second-order valence-electron chi connectivity index (χ2n) is 4.11. The maximum atomic E-state index is 13.2. The molecule has 3 rings (SSSR count). The van der Waals surface area contributed by atoms with E-state index in [9.17, 15) is 4.39 Å². The van der Waals surface area contributed by atoms with Gasteiger partial charge in [0.25, 0.3) is 0 Å². The molecular weight excluding hydrogens is 311 g/mol. The van der Waals surface area contributed by atoms with Crippen LogP contribution in [-0.2, 0) is 6.54 Å². The number of rotatable bonds is 3. The van der Waals surface area contributed by atoms with Gasteiger partial charge in [-0.2, -0.15) is 0 Å². The van der Waals surface area contributed by atoms with Gasteiger partial charge in [0.1, 0.15) is 5.82 Å². The number of benzene rings is 1. The first kappa shape index (κ1) is 12.1. The highest BCUT2D eigenvalue weighted by molar-refractivity contribution is 9.10. The van der Waals surface area contributed by atoms with E-state index in [1.165, 1.54) is 6.07 Å². The van der Waals surface area contributed by atoms with Crippen molar-refractivity contribution in [1.82, 2.24) is 19.1 Å². The van der Waals surface area contributed by atoms with Gasteiger partial charge in [-0.15, -0.1) is 0 Å². The van der Waals surface area contributed by atoms with Crippen LogP contribution >= 0.6 is 15.9 Å². The molecule has 0 fully saturated rings. The van der Waals surface area contributed by atoms with E-state index in [0.717, 1.165) is 11.4 Å². The van der Waals surface area contributed by atoms with Gasteiger partial charge < -0.3 is 9.13 Å². The molecule has 0 amide bonds. The third-order valence-corrected chi connectivity index (χ3v) is 3.35. The molecule has 0 aliphatic heterocycles. The lowest BCUT2D eigenvalue weighted by Crippen LogP contribution is -1.96. The van der Waals surface area contributed by atoms with Gasteiger partial charge in [-0.05, 0) is 34.1 Å². The summed E-state index contributed by atoms with van der Waals surface area (Å²) in [4.78, 5) is 8.31. The Balaban J connectivity index is 1.86. The molecule has 2 heterocycles. The van der Waals surface area contributed by atoms with Crippen LogP contribution in [0.3, 0.4) is 0 Å². The van der Waals surface area contributed by atoms with E-state index in [1.807, 2.05) is 21.5 Å². The second-order valence-corrected chi connectivity index (χ2v) is 4.96. The molecule has 1 aromatic carbocycles. The minimum Gasteiger partial charge on any atom is -0.331 e. The molecule has 4 nitrogen and oxygen atoms in total. The quantitative estimate of drug-likeness (QED) is 0.743. The Hall–Kier alpha value is -1.95. The highest BCUT2D eigenvalue weighted by Crippen LogP contribution is 2.19. The van der Waals surface area contributed by atoms with Gasteiger partial charge in [0, 0.05) is 24.3 Å². The zero-order chi connectivity index (χ0) is 13.2. The zero-order valence-corrected chi connectivity index (χ0v) is 11.5. The van der Waals surface area contributed by atoms with Gasteiger partial charge in [-0.25, -0.2) is 14.4 Å². The third kappa shape index (κ3) is 2.58. The van der Waals surface area contributed by atoms with E-state index in [-0.39, 0.29) is 5.82 Å². The number of aromatic nitrogens is 4. The normalized spacial score (nSPS) is 10.8. The summed E-state index contributed by atoms with van der Waals surface area (Å²) in [6.45, 7) is 0.662. The summed E-state index contributed by atoms with van der Waals surface area (Å²) >= 11 is 3.18. The zero-order valence-electron chi connectivity index (χ0n) is 9.87. The van der Waals surface area contributed by atoms with Crippen LogP contribution < -0.4 is 0 Å². The first-order valence-corrected chi connectivity index (χ1v) is 6.46. The summed E-state index contributed by atoms with van der Waals surface area (Å²) in [5, 5.41) is 0. The average Bonchev–Trinajstić information content (AvgIpc) is 3.05. The monoisotopic (exact) mass is 320 g/mol. The maximum Gasteiger partial charge on any atom is 0.137 e. The highest BCUT2D eigenvalue weighted by Gasteiger charge is 2.04. The fraction of sp³-hybridized carbons (Fsp3) is 0.0769. The molecule has 0 atom stereocenters. The van der Waals surface area contributed by atoms with E-state index in [0.29, 0.717) is 11.0 Å². The van der Waals surface area contributed by atoms with Crippen LogP contribution in [0.5, 0.6) is 0 Å². The molecule has 0 N–H and O–H groups in total. The van der Waals surface area contributed by atoms with Gasteiger partial charge in [0.2, 0.25) is 0 Å². The first-order valence-electron chi connectivity index (χ1n) is 5.66. The van der Waals surface area contributed by atoms with Gasteiger partial charge in [0.05, 0.1) is 29.4 Å². The van der Waals surface area contributed by atoms with Gasteiger partial charge >= 0.3 is 0 Å². The Morgan fingerprint density at radius 1 is 1.26 bits per heavy atom. The van der Waals surface area contributed by atoms with E-state index in [4.69, 9.17) is 0 Å². The third-order valence-electron chi connectivity index (χ3n) is 2.74. The Labute approximate surface area is 117 Å². The van der Waals surface area contributed by atoms with Crippen molar-refractivity contribution in [3.63, 3.8) is 0 Å². The molecule has 0 saturated carbocycles. The summed E-state index contributed by atoms with van der Waals surface area (Å²) in [5.74, 6) is -0.275. The van der Waals surface area contributed by atoms with Crippen LogP contribution in [0.4, 0.5) is 4.39 Å². The largest absolute Gasteiger partial charge is 0.331 e. The summed E-state index contributed by atoms with van der Waals surface area (Å²) in [6, 6.07) is 4.86. The number of hydrogen-bond acceptors (Lipinski definition) is 2. The van der Waals surface area contributed by atoms with Crippen molar-refractivity contribution in [3.05, 3.63) is 65.4 Å². The molecule has 0 aliphatic rings. The minimum absolute atomic E-state index is 0.275. The lowest BCUT2D eigenvalue weighted by molar-refractivity contribution is 0.620. The number of halogens is 2. The summed E-state index contributed by atoms with van der Waals surface area (Å²) in [7, 11) is 0. The van der Waals surface area contributed by atoms with E-state index in [2.05, 4.69) is 25.9 Å². The number of nitrogens with zero attached hydrogens (tertiary/aromatic N) is 4. The summed E-state index contributed by atoms with van der Waals surface area (Å²) < 4.78 is 17.4. The van der Waals surface area contributed by atoms with Crippen LogP contribution in [0.2, 0.25) is 0 Å². The molecule has 0 radical (unpaired) electrons. The van der Waals surface area contributed by atoms with Gasteiger partial charge in [0.15, 0.2) is 0 Å². The SMILES string of the molecule is Fc1ccc(-n2cnc(Cn3ccnc3)c2)cc1Br. The van der Waals surface area contributed by atoms with Crippen molar-refractivity contribution in [2.75, 3.05) is 0 Å². The van der Waals surface area contributed by atoms with Crippen LogP contribution in [0.25, 0.3) is 5.69 Å². The van der Waals surface area contributed by atoms with Crippen molar-refractivity contribution >= 4 is 15.9 Å². The van der Waals surface area contributed by atoms with Crippen LogP contribution in [0, 0.1) is 5.82 Å². The Morgan fingerprint density at radius 3 is 2.89 bits per heavy atom. The standard InChI is InChI=1S/C13H10BrFN4/c14-12-5-11(1-2-13(12)15)19-7-10(17-9-19)6-18-4-3-16-8-18/h1-5,7-9H,6H2. The average molecular weight is 321 g/mol. The molecule has 0 saturated heterocycles. The lowest BCUT2D eigenvalue weighted by Gasteiger charge is -2.03. The predicted molar refractivity (Wildman–Crippen MR) is 72.6 cm³/mol. The maximum absolute atomic E-state index is 13.2. The molecule has 19 heavy (non-hydrogen) atoms. The van der Waals surface area contributed by atoms with E-state index in [1.54, 1.807) is 31.0 Å². The van der Waals surface area contributed by atoms with Gasteiger partial charge in [-0.1, -0.05) is 0 Å². The Kier molecular flexibility index (Phi) is 3.16. The molecule has 0 aliphatic carbocycles. The summed E-state index contributed by atoms with van der Waals surface area (Å²) in [6.07, 6.45) is 8.99. The topological polar surface area (TPSA) is 35.6 Å². The number of hydrogen-bond donors (Lipinski definition) is 0. The van der Waals surface area contributed by atoms with Crippen molar-refractivity contribution < 1.29 is 4.39 Å². The molecule has 96 valence electrons. The fourth-order valence-corrected chi connectivity index (χ4v) is 2.17. The van der Waals surface area contributed by atoms with Crippen LogP contribution in [-0.4, -0.2) is 19.1 Å². The van der Waals surface area contributed by atoms with Crippen LogP contribution in [0.15, 0.2) is 53.9 Å². The van der Waals surface area contributed by atoms with Crippen molar-refractivity contribution in [2.24, 2.45) is 0 Å². The molecule has 0 bridgehead atoms. The summed E-state index contributed by atoms with van der Waals surface area (Å²) in [5.41, 5.74) is 1.77. The first-order chi connectivity index (χ1) is 9.22. The van der Waals surface area contributed by atoms with Crippen LogP contribution in [0.1, 0.15) is 5.69 Å². The van der Waals surface area contributed by atoms with E-state index >= 15 is 0 Å². The number of imidazole rings is 2. The smallest absolute Gasteiger partial charge is 0.137 e. The highest BCUT2D eigenvalue weighted by atomic mass is 79.9. The van der Waals surface area contributed by atoms with Gasteiger partial charge in [-0.3, -0.25) is 0 Å². The van der Waals surface area contributed by atoms with Crippen molar-refractivity contribution in [3.8, 4) is 5.69 Å². The Morgan fingerprint density at radius 2 is 2.16 bits per heavy atom. The second kappa shape index (κ2) is 4.97. The van der Waals surface area contributed by atoms with Crippen molar-refractivity contribution in [2.45, 2.75) is 6.54 Å². The van der Waals surface area contributed by atoms with Crippen molar-refractivity contribution in [1.29, 1.82) is 0 Å². The molecule has 6 heteroatoms. The predicted octanol–water partition coefficient (Wildman–Crippen LogP) is 3.02. The molecule has 2 aromatic heterocycles. The van der Waals surface area contributed by atoms with E-state index < -0.39 is 0 Å². The lowest BCUT2D eigenvalue weighted by atomic mass is 10.3.